The third-order valence-corrected chi connectivity index (χ3v) is 6.99. The zero-order valence-electron chi connectivity index (χ0n) is 18.5. The van der Waals surface area contributed by atoms with Crippen molar-refractivity contribution in [3.8, 4) is 0 Å². The van der Waals surface area contributed by atoms with Gasteiger partial charge in [0, 0.05) is 48.1 Å². The van der Waals surface area contributed by atoms with Gasteiger partial charge in [0.2, 0.25) is 5.91 Å². The molecule has 0 fully saturated rings. The number of benzene rings is 1. The van der Waals surface area contributed by atoms with Crippen molar-refractivity contribution in [2.24, 2.45) is 7.05 Å². The number of halogens is 1. The normalized spacial score (nSPS) is 11.9. The number of carbonyl (C=O) groups excluding carboxylic acids is 1. The van der Waals surface area contributed by atoms with Crippen LogP contribution in [0.4, 0.5) is 0 Å². The quantitative estimate of drug-likeness (QED) is 0.338. The van der Waals surface area contributed by atoms with Crippen LogP contribution >= 0.6 is 27.7 Å². The van der Waals surface area contributed by atoms with Gasteiger partial charge in [-0.15, -0.1) is 0 Å². The molecule has 1 amide bonds. The predicted octanol–water partition coefficient (Wildman–Crippen LogP) is 4.41. The monoisotopic (exact) mass is 514 g/mol. The van der Waals surface area contributed by atoms with Gasteiger partial charge in [0.1, 0.15) is 0 Å². The Balaban J connectivity index is 1.77. The second-order valence-corrected chi connectivity index (χ2v) is 9.68. The van der Waals surface area contributed by atoms with E-state index in [2.05, 4.69) is 26.2 Å². The Morgan fingerprint density at radius 1 is 1.16 bits per heavy atom. The van der Waals surface area contributed by atoms with E-state index in [0.717, 1.165) is 22.0 Å². The maximum atomic E-state index is 13.1. The summed E-state index contributed by atoms with van der Waals surface area (Å²) in [4.78, 5) is 34.7. The van der Waals surface area contributed by atoms with Crippen molar-refractivity contribution in [3.63, 3.8) is 0 Å². The fraction of sp³-hybridized carbons (Fsp3) is 0.333. The van der Waals surface area contributed by atoms with Crippen LogP contribution in [0, 0.1) is 6.92 Å². The molecule has 0 aliphatic heterocycles. The molecule has 0 bridgehead atoms. The van der Waals surface area contributed by atoms with E-state index in [1.807, 2.05) is 50.2 Å². The zero-order valence-corrected chi connectivity index (χ0v) is 20.9. The minimum atomic E-state index is -0.323. The molecule has 1 atom stereocenters. The second-order valence-electron chi connectivity index (χ2n) is 7.59. The number of aromatic nitrogens is 3. The Kier molecular flexibility index (Phi) is 8.64. The van der Waals surface area contributed by atoms with Crippen LogP contribution in [-0.4, -0.2) is 25.7 Å². The van der Waals surface area contributed by atoms with Crippen LogP contribution in [0.3, 0.4) is 0 Å². The molecule has 2 aromatic heterocycles. The Morgan fingerprint density at radius 3 is 2.50 bits per heavy atom. The summed E-state index contributed by atoms with van der Waals surface area (Å²) in [6, 6.07) is 11.7. The van der Waals surface area contributed by atoms with Crippen molar-refractivity contribution >= 4 is 33.6 Å². The Labute approximate surface area is 201 Å². The van der Waals surface area contributed by atoms with Gasteiger partial charge in [-0.1, -0.05) is 53.2 Å². The summed E-state index contributed by atoms with van der Waals surface area (Å²) in [5.41, 5.74) is 3.34. The van der Waals surface area contributed by atoms with Gasteiger partial charge in [0.15, 0.2) is 5.16 Å². The first-order valence-corrected chi connectivity index (χ1v) is 12.2. The van der Waals surface area contributed by atoms with Crippen molar-refractivity contribution in [2.45, 2.75) is 50.1 Å². The summed E-state index contributed by atoms with van der Waals surface area (Å²) in [6.07, 6.45) is 5.49. The van der Waals surface area contributed by atoms with Crippen LogP contribution < -0.4 is 10.9 Å². The van der Waals surface area contributed by atoms with Crippen LogP contribution in [0.2, 0.25) is 0 Å². The summed E-state index contributed by atoms with van der Waals surface area (Å²) < 4.78 is 2.56. The highest BCUT2D eigenvalue weighted by molar-refractivity contribution is 9.10. The molecule has 32 heavy (non-hydrogen) atoms. The van der Waals surface area contributed by atoms with Crippen LogP contribution in [0.25, 0.3) is 0 Å². The number of nitrogens with one attached hydrogen (secondary N) is 1. The number of rotatable bonds is 9. The van der Waals surface area contributed by atoms with E-state index in [4.69, 9.17) is 4.98 Å². The van der Waals surface area contributed by atoms with Gasteiger partial charge in [0.05, 0.1) is 5.25 Å². The predicted molar refractivity (Wildman–Crippen MR) is 132 cm³/mol. The Bertz CT molecular complexity index is 1120. The van der Waals surface area contributed by atoms with Gasteiger partial charge in [-0.05, 0) is 48.7 Å². The van der Waals surface area contributed by atoms with E-state index in [0.29, 0.717) is 35.8 Å². The standard InChI is InChI=1S/C24H27BrN4O2S/c1-4-5-21(22(30)27-15-18-10-12-26-13-11-18)32-24-28-16(2)20(23(31)29(24)3)14-17-6-8-19(25)9-7-17/h6-13,21H,4-5,14-15H2,1-3H3,(H,27,30). The SMILES string of the molecule is CCCC(Sc1nc(C)c(Cc2ccc(Br)cc2)c(=O)n1C)C(=O)NCc1ccncc1. The molecule has 0 aliphatic carbocycles. The highest BCUT2D eigenvalue weighted by Gasteiger charge is 2.22. The summed E-state index contributed by atoms with van der Waals surface area (Å²) >= 11 is 4.79. The molecule has 0 saturated carbocycles. The van der Waals surface area contributed by atoms with Gasteiger partial charge in [-0.3, -0.25) is 19.1 Å². The largest absolute Gasteiger partial charge is 0.351 e. The average molecular weight is 515 g/mol. The maximum Gasteiger partial charge on any atom is 0.257 e. The van der Waals surface area contributed by atoms with Gasteiger partial charge in [0.25, 0.3) is 5.56 Å². The van der Waals surface area contributed by atoms with E-state index >= 15 is 0 Å². The summed E-state index contributed by atoms with van der Waals surface area (Å²) in [5.74, 6) is -0.0560. The van der Waals surface area contributed by atoms with E-state index in [9.17, 15) is 9.59 Å². The molecule has 6 nitrogen and oxygen atoms in total. The fourth-order valence-corrected chi connectivity index (χ4v) is 4.78. The Morgan fingerprint density at radius 2 is 1.84 bits per heavy atom. The van der Waals surface area contributed by atoms with Crippen molar-refractivity contribution in [2.75, 3.05) is 0 Å². The number of amides is 1. The molecule has 1 aromatic carbocycles. The topological polar surface area (TPSA) is 76.9 Å². The molecule has 0 spiro atoms. The molecule has 2 heterocycles. The van der Waals surface area contributed by atoms with Crippen molar-refractivity contribution in [1.29, 1.82) is 0 Å². The highest BCUT2D eigenvalue weighted by atomic mass is 79.9. The first-order valence-electron chi connectivity index (χ1n) is 10.5. The summed E-state index contributed by atoms with van der Waals surface area (Å²) in [5, 5.41) is 3.23. The van der Waals surface area contributed by atoms with E-state index < -0.39 is 0 Å². The minimum absolute atomic E-state index is 0.0560. The molecule has 0 aliphatic rings. The van der Waals surface area contributed by atoms with Crippen LogP contribution in [0.15, 0.2) is 63.2 Å². The number of carbonyl (C=O) groups is 1. The van der Waals surface area contributed by atoms with E-state index in [1.54, 1.807) is 24.0 Å². The molecular formula is C24H27BrN4O2S. The first kappa shape index (κ1) is 24.2. The van der Waals surface area contributed by atoms with Crippen molar-refractivity contribution in [3.05, 3.63) is 86.0 Å². The number of hydrogen-bond acceptors (Lipinski definition) is 5. The minimum Gasteiger partial charge on any atom is -0.351 e. The van der Waals surface area contributed by atoms with Crippen molar-refractivity contribution in [1.82, 2.24) is 19.9 Å². The molecule has 0 radical (unpaired) electrons. The fourth-order valence-electron chi connectivity index (χ4n) is 3.28. The molecule has 0 saturated heterocycles. The smallest absolute Gasteiger partial charge is 0.257 e. The third kappa shape index (κ3) is 6.29. The number of aryl methyl sites for hydroxylation is 1. The lowest BCUT2D eigenvalue weighted by atomic mass is 10.1. The lowest BCUT2D eigenvalue weighted by Crippen LogP contribution is -2.33. The molecule has 168 valence electrons. The van der Waals surface area contributed by atoms with Gasteiger partial charge >= 0.3 is 0 Å². The van der Waals surface area contributed by atoms with Gasteiger partial charge in [-0.2, -0.15) is 0 Å². The van der Waals surface area contributed by atoms with E-state index in [-0.39, 0.29) is 16.7 Å². The second kappa shape index (κ2) is 11.4. The van der Waals surface area contributed by atoms with Gasteiger partial charge < -0.3 is 5.32 Å². The first-order chi connectivity index (χ1) is 15.4. The molecule has 1 N–H and O–H groups in total. The highest BCUT2D eigenvalue weighted by Crippen LogP contribution is 2.25. The van der Waals surface area contributed by atoms with Gasteiger partial charge in [-0.25, -0.2) is 4.98 Å². The maximum absolute atomic E-state index is 13.1. The lowest BCUT2D eigenvalue weighted by Gasteiger charge is -2.18. The number of thioether (sulfide) groups is 1. The molecule has 3 rings (SSSR count). The summed E-state index contributed by atoms with van der Waals surface area (Å²) in [7, 11) is 1.72. The van der Waals surface area contributed by atoms with Crippen LogP contribution in [0.1, 0.15) is 42.1 Å². The third-order valence-electron chi connectivity index (χ3n) is 5.15. The molecule has 8 heteroatoms. The van der Waals surface area contributed by atoms with Crippen molar-refractivity contribution < 1.29 is 4.79 Å². The Hall–Kier alpha value is -2.45. The molecular weight excluding hydrogens is 488 g/mol. The number of hydrogen-bond donors (Lipinski definition) is 1. The van der Waals surface area contributed by atoms with Crippen LogP contribution in [0.5, 0.6) is 0 Å². The molecule has 3 aromatic rings. The number of pyridine rings is 1. The molecule has 1 unspecified atom stereocenters. The zero-order chi connectivity index (χ0) is 23.1. The van der Waals surface area contributed by atoms with E-state index in [1.165, 1.54) is 11.8 Å². The number of nitrogens with zero attached hydrogens (tertiary/aromatic N) is 3. The average Bonchev–Trinajstić information content (AvgIpc) is 2.80. The summed E-state index contributed by atoms with van der Waals surface area (Å²) in [6.45, 7) is 4.35. The lowest BCUT2D eigenvalue weighted by molar-refractivity contribution is -0.120. The van der Waals surface area contributed by atoms with Crippen LogP contribution in [-0.2, 0) is 24.8 Å².